The zero-order valence-corrected chi connectivity index (χ0v) is 13.0. The molecule has 0 bridgehead atoms. The summed E-state index contributed by atoms with van der Waals surface area (Å²) in [5, 5.41) is 21.7. The fourth-order valence-corrected chi connectivity index (χ4v) is 2.82. The van der Waals surface area contributed by atoms with Crippen molar-refractivity contribution in [2.75, 3.05) is 12.9 Å². The average molecular weight is 317 g/mol. The number of benzene rings is 1. The van der Waals surface area contributed by atoms with Crippen LogP contribution in [0.15, 0.2) is 40.5 Å². The lowest BCUT2D eigenvalue weighted by Crippen LogP contribution is -2.30. The van der Waals surface area contributed by atoms with Gasteiger partial charge in [-0.05, 0) is 13.0 Å². The van der Waals surface area contributed by atoms with Crippen molar-refractivity contribution < 1.29 is 14.6 Å². The summed E-state index contributed by atoms with van der Waals surface area (Å²) in [7, 11) is 1.53. The van der Waals surface area contributed by atoms with Crippen LogP contribution in [0.25, 0.3) is 0 Å². The number of methoxy groups -OCH3 is 1. The predicted molar refractivity (Wildman–Crippen MR) is 84.7 cm³/mol. The maximum atomic E-state index is 11.6. The van der Waals surface area contributed by atoms with Gasteiger partial charge < -0.3 is 15.2 Å². The fourth-order valence-electron chi connectivity index (χ4n) is 2.22. The Bertz CT molecular complexity index is 692. The molecule has 0 fully saturated rings. The first-order chi connectivity index (χ1) is 10.6. The van der Waals surface area contributed by atoms with Gasteiger partial charge in [-0.25, -0.2) is 9.79 Å². The molecule has 1 aliphatic rings. The van der Waals surface area contributed by atoms with E-state index in [9.17, 15) is 9.90 Å². The monoisotopic (exact) mass is 317 g/mol. The van der Waals surface area contributed by atoms with Gasteiger partial charge in [-0.1, -0.05) is 30.0 Å². The number of hydrogen-bond acceptors (Lipinski definition) is 6. The maximum Gasteiger partial charge on any atom is 0.335 e. The first kappa shape index (κ1) is 15.9. The third-order valence-corrected chi connectivity index (χ3v) is 3.91. The number of carboxylic acids is 1. The number of allylic oxidation sites excluding steroid dienone is 1. The van der Waals surface area contributed by atoms with Crippen LogP contribution in [0.2, 0.25) is 0 Å². The minimum atomic E-state index is -1.03. The SMILES string of the molecule is COc1ccccc1C1N=C(SCC#N)NC(C)=C1C(=O)O. The van der Waals surface area contributed by atoms with Gasteiger partial charge in [-0.2, -0.15) is 5.26 Å². The van der Waals surface area contributed by atoms with Crippen LogP contribution < -0.4 is 10.1 Å². The minimum Gasteiger partial charge on any atom is -0.496 e. The van der Waals surface area contributed by atoms with Crippen LogP contribution in [-0.4, -0.2) is 29.1 Å². The summed E-state index contributed by atoms with van der Waals surface area (Å²) in [6, 6.07) is 8.54. The van der Waals surface area contributed by atoms with Gasteiger partial charge in [-0.3, -0.25) is 0 Å². The topological polar surface area (TPSA) is 94.7 Å². The third-order valence-electron chi connectivity index (χ3n) is 3.16. The average Bonchev–Trinajstić information content (AvgIpc) is 2.51. The Morgan fingerprint density at radius 3 is 2.91 bits per heavy atom. The van der Waals surface area contributed by atoms with Crippen molar-refractivity contribution in [3.05, 3.63) is 41.1 Å². The van der Waals surface area contributed by atoms with Crippen molar-refractivity contribution in [3.8, 4) is 11.8 Å². The van der Waals surface area contributed by atoms with Crippen molar-refractivity contribution in [1.29, 1.82) is 5.26 Å². The summed E-state index contributed by atoms with van der Waals surface area (Å²) in [6.45, 7) is 1.69. The van der Waals surface area contributed by atoms with Gasteiger partial charge in [0.2, 0.25) is 0 Å². The summed E-state index contributed by atoms with van der Waals surface area (Å²) in [4.78, 5) is 16.1. The second-order valence-corrected chi connectivity index (χ2v) is 5.46. The minimum absolute atomic E-state index is 0.172. The Balaban J connectivity index is 2.50. The Morgan fingerprint density at radius 2 is 2.27 bits per heavy atom. The molecular formula is C15H15N3O3S. The normalized spacial score (nSPS) is 17.3. The molecule has 0 saturated heterocycles. The highest BCUT2D eigenvalue weighted by Crippen LogP contribution is 2.36. The van der Waals surface area contributed by atoms with Crippen molar-refractivity contribution in [2.24, 2.45) is 4.99 Å². The molecule has 1 aliphatic heterocycles. The lowest BCUT2D eigenvalue weighted by molar-refractivity contribution is -0.133. The first-order valence-electron chi connectivity index (χ1n) is 6.50. The number of rotatable bonds is 4. The smallest absolute Gasteiger partial charge is 0.335 e. The fraction of sp³-hybridized carbons (Fsp3) is 0.267. The van der Waals surface area contributed by atoms with Crippen LogP contribution in [0.3, 0.4) is 0 Å². The van der Waals surface area contributed by atoms with Crippen LogP contribution in [-0.2, 0) is 4.79 Å². The second kappa shape index (κ2) is 7.00. The molecule has 1 heterocycles. The Kier molecular flexibility index (Phi) is 5.07. The highest BCUT2D eigenvalue weighted by Gasteiger charge is 2.30. The predicted octanol–water partition coefficient (Wildman–Crippen LogP) is 2.31. The number of nitrogens with zero attached hydrogens (tertiary/aromatic N) is 2. The Hall–Kier alpha value is -2.46. The van der Waals surface area contributed by atoms with Gasteiger partial charge in [0.15, 0.2) is 5.17 Å². The van der Waals surface area contributed by atoms with Gasteiger partial charge >= 0.3 is 5.97 Å². The van der Waals surface area contributed by atoms with E-state index in [4.69, 9.17) is 10.00 Å². The molecule has 6 nitrogen and oxygen atoms in total. The molecule has 0 spiro atoms. The van der Waals surface area contributed by atoms with Crippen molar-refractivity contribution in [2.45, 2.75) is 13.0 Å². The number of carbonyl (C=O) groups is 1. The van der Waals surface area contributed by atoms with Crippen molar-refractivity contribution in [1.82, 2.24) is 5.32 Å². The molecule has 1 unspecified atom stereocenters. The lowest BCUT2D eigenvalue weighted by Gasteiger charge is -2.25. The number of ether oxygens (including phenoxy) is 1. The van der Waals surface area contributed by atoms with Crippen LogP contribution in [0.5, 0.6) is 5.75 Å². The number of para-hydroxylation sites is 1. The van der Waals surface area contributed by atoms with Crippen molar-refractivity contribution >= 4 is 22.9 Å². The van der Waals surface area contributed by atoms with E-state index in [0.29, 0.717) is 22.2 Å². The molecule has 114 valence electrons. The van der Waals surface area contributed by atoms with E-state index < -0.39 is 12.0 Å². The molecule has 1 aromatic rings. The van der Waals surface area contributed by atoms with Gasteiger partial charge in [0.25, 0.3) is 0 Å². The molecular weight excluding hydrogens is 302 g/mol. The van der Waals surface area contributed by atoms with E-state index in [2.05, 4.69) is 10.3 Å². The number of nitrogens with one attached hydrogen (secondary N) is 1. The number of aliphatic carboxylic acids is 1. The number of amidine groups is 1. The van der Waals surface area contributed by atoms with Gasteiger partial charge in [0.05, 0.1) is 24.5 Å². The molecule has 22 heavy (non-hydrogen) atoms. The van der Waals surface area contributed by atoms with Crippen LogP contribution in [0.1, 0.15) is 18.5 Å². The van der Waals surface area contributed by atoms with E-state index in [0.717, 1.165) is 0 Å². The number of carboxylic acid groups (broad SMARTS) is 1. The Morgan fingerprint density at radius 1 is 1.55 bits per heavy atom. The lowest BCUT2D eigenvalue weighted by atomic mass is 9.96. The van der Waals surface area contributed by atoms with E-state index in [1.54, 1.807) is 19.1 Å². The number of thioether (sulfide) groups is 1. The van der Waals surface area contributed by atoms with Gasteiger partial charge in [0.1, 0.15) is 11.8 Å². The highest BCUT2D eigenvalue weighted by molar-refractivity contribution is 8.14. The standard InChI is InChI=1S/C15H15N3O3S/c1-9-12(14(19)20)13(18-15(17-9)22-8-7-16)10-5-3-4-6-11(10)21-2/h3-6,13H,8H2,1-2H3,(H,17,18)(H,19,20). The summed E-state index contributed by atoms with van der Waals surface area (Å²) in [6.07, 6.45) is 0. The van der Waals surface area contributed by atoms with Crippen LogP contribution in [0.4, 0.5) is 0 Å². The van der Waals surface area contributed by atoms with Crippen molar-refractivity contribution in [3.63, 3.8) is 0 Å². The maximum absolute atomic E-state index is 11.6. The zero-order valence-electron chi connectivity index (χ0n) is 12.2. The molecule has 0 radical (unpaired) electrons. The molecule has 2 rings (SSSR count). The summed E-state index contributed by atoms with van der Waals surface area (Å²) >= 11 is 1.24. The number of hydrogen-bond donors (Lipinski definition) is 2. The van der Waals surface area contributed by atoms with Gasteiger partial charge in [-0.15, -0.1) is 0 Å². The largest absolute Gasteiger partial charge is 0.496 e. The molecule has 2 N–H and O–H groups in total. The highest BCUT2D eigenvalue weighted by atomic mass is 32.2. The summed E-state index contributed by atoms with van der Waals surface area (Å²) in [5.41, 5.74) is 1.36. The first-order valence-corrected chi connectivity index (χ1v) is 7.48. The number of aliphatic imine (C=N–C) groups is 1. The molecule has 0 aromatic heterocycles. The molecule has 7 heteroatoms. The number of nitriles is 1. The molecule has 1 aromatic carbocycles. The third kappa shape index (κ3) is 3.23. The molecule has 0 amide bonds. The van der Waals surface area contributed by atoms with E-state index in [1.807, 2.05) is 18.2 Å². The van der Waals surface area contributed by atoms with Crippen LogP contribution in [0, 0.1) is 11.3 Å². The van der Waals surface area contributed by atoms with Crippen LogP contribution >= 0.6 is 11.8 Å². The second-order valence-electron chi connectivity index (χ2n) is 4.49. The van der Waals surface area contributed by atoms with E-state index in [1.165, 1.54) is 18.9 Å². The van der Waals surface area contributed by atoms with E-state index >= 15 is 0 Å². The van der Waals surface area contributed by atoms with E-state index in [-0.39, 0.29) is 11.3 Å². The zero-order chi connectivity index (χ0) is 16.1. The summed E-state index contributed by atoms with van der Waals surface area (Å²) < 4.78 is 5.31. The molecule has 0 aliphatic carbocycles. The molecule has 0 saturated carbocycles. The Labute approximate surface area is 132 Å². The quantitative estimate of drug-likeness (QED) is 0.885. The summed E-state index contributed by atoms with van der Waals surface area (Å²) in [5.74, 6) is -0.219. The molecule has 1 atom stereocenters. The van der Waals surface area contributed by atoms with Gasteiger partial charge in [0, 0.05) is 11.3 Å².